The SMILES string of the molecule is C[C@H](N)COCCC(=O)N1CCN2c3ncc(C(F)(F)F)cc3OC[C@H]2C1. The number of amides is 1. The lowest BCUT2D eigenvalue weighted by molar-refractivity contribution is -0.138. The highest BCUT2D eigenvalue weighted by molar-refractivity contribution is 5.77. The van der Waals surface area contributed by atoms with E-state index in [-0.39, 0.29) is 36.8 Å². The number of nitrogens with zero attached hydrogens (tertiary/aromatic N) is 3. The van der Waals surface area contributed by atoms with Gasteiger partial charge in [-0.1, -0.05) is 0 Å². The number of anilines is 1. The molecule has 2 N–H and O–H groups in total. The Kier molecular flexibility index (Phi) is 5.75. The van der Waals surface area contributed by atoms with Crippen LogP contribution in [-0.2, 0) is 15.7 Å². The smallest absolute Gasteiger partial charge is 0.418 e. The van der Waals surface area contributed by atoms with Gasteiger partial charge in [0.1, 0.15) is 6.61 Å². The third-order valence-electron chi connectivity index (χ3n) is 4.54. The topological polar surface area (TPSA) is 80.9 Å². The van der Waals surface area contributed by atoms with Gasteiger partial charge in [-0.3, -0.25) is 4.79 Å². The average molecular weight is 388 g/mol. The molecule has 2 atom stereocenters. The number of piperazine rings is 1. The minimum atomic E-state index is -4.46. The number of ether oxygens (including phenoxy) is 2. The number of carbonyl (C=O) groups is 1. The highest BCUT2D eigenvalue weighted by atomic mass is 19.4. The lowest BCUT2D eigenvalue weighted by Crippen LogP contribution is -2.58. The fourth-order valence-corrected chi connectivity index (χ4v) is 3.19. The number of rotatable bonds is 5. The minimum Gasteiger partial charge on any atom is -0.487 e. The third-order valence-corrected chi connectivity index (χ3v) is 4.54. The predicted octanol–water partition coefficient (Wildman–Crippen LogP) is 1.26. The molecule has 3 rings (SSSR count). The van der Waals surface area contributed by atoms with Crippen molar-refractivity contribution in [2.24, 2.45) is 5.73 Å². The second-order valence-corrected chi connectivity index (χ2v) is 6.84. The predicted molar refractivity (Wildman–Crippen MR) is 91.5 cm³/mol. The summed E-state index contributed by atoms with van der Waals surface area (Å²) in [6.45, 7) is 4.16. The summed E-state index contributed by atoms with van der Waals surface area (Å²) in [5, 5.41) is 0. The highest BCUT2D eigenvalue weighted by Gasteiger charge is 2.38. The van der Waals surface area contributed by atoms with Crippen molar-refractivity contribution in [2.45, 2.75) is 31.6 Å². The Bertz CT molecular complexity index is 684. The normalized spacial score (nSPS) is 20.6. The molecule has 150 valence electrons. The molecule has 1 fully saturated rings. The van der Waals surface area contributed by atoms with Gasteiger partial charge in [-0.25, -0.2) is 4.98 Å². The maximum Gasteiger partial charge on any atom is 0.418 e. The molecule has 1 aromatic heterocycles. The van der Waals surface area contributed by atoms with Crippen molar-refractivity contribution in [3.05, 3.63) is 17.8 Å². The van der Waals surface area contributed by atoms with Gasteiger partial charge in [-0.15, -0.1) is 0 Å². The van der Waals surface area contributed by atoms with E-state index in [9.17, 15) is 18.0 Å². The lowest BCUT2D eigenvalue weighted by atomic mass is 10.1. The van der Waals surface area contributed by atoms with Crippen LogP contribution in [0.1, 0.15) is 18.9 Å². The first kappa shape index (κ1) is 19.7. The molecule has 1 aromatic rings. The van der Waals surface area contributed by atoms with Crippen LogP contribution < -0.4 is 15.4 Å². The molecule has 0 spiro atoms. The van der Waals surface area contributed by atoms with E-state index in [2.05, 4.69) is 4.98 Å². The van der Waals surface area contributed by atoms with Gasteiger partial charge < -0.3 is 25.0 Å². The summed E-state index contributed by atoms with van der Waals surface area (Å²) in [5.41, 5.74) is 4.76. The zero-order valence-electron chi connectivity index (χ0n) is 15.0. The van der Waals surface area contributed by atoms with Gasteiger partial charge in [0.2, 0.25) is 5.91 Å². The van der Waals surface area contributed by atoms with E-state index in [1.54, 1.807) is 4.90 Å². The van der Waals surface area contributed by atoms with E-state index in [0.717, 1.165) is 12.3 Å². The molecule has 10 heteroatoms. The maximum absolute atomic E-state index is 12.8. The molecule has 2 aliphatic heterocycles. The van der Waals surface area contributed by atoms with Crippen LogP contribution in [0.5, 0.6) is 5.75 Å². The van der Waals surface area contributed by atoms with Crippen LogP contribution in [0.15, 0.2) is 12.3 Å². The number of hydrogen-bond donors (Lipinski definition) is 1. The molecule has 0 bridgehead atoms. The fraction of sp³-hybridized carbons (Fsp3) is 0.647. The van der Waals surface area contributed by atoms with Crippen molar-refractivity contribution < 1.29 is 27.4 Å². The van der Waals surface area contributed by atoms with E-state index >= 15 is 0 Å². The number of halogens is 3. The molecule has 1 amide bonds. The van der Waals surface area contributed by atoms with Crippen molar-refractivity contribution in [3.8, 4) is 5.75 Å². The number of pyridine rings is 1. The summed E-state index contributed by atoms with van der Waals surface area (Å²) in [5.74, 6) is 0.502. The van der Waals surface area contributed by atoms with Crippen LogP contribution in [0.25, 0.3) is 0 Å². The molecular weight excluding hydrogens is 365 g/mol. The highest BCUT2D eigenvalue weighted by Crippen LogP contribution is 2.38. The van der Waals surface area contributed by atoms with Gasteiger partial charge in [0.25, 0.3) is 0 Å². The Morgan fingerprint density at radius 2 is 2.26 bits per heavy atom. The molecule has 27 heavy (non-hydrogen) atoms. The minimum absolute atomic E-state index is 0.0227. The van der Waals surface area contributed by atoms with Crippen molar-refractivity contribution in [2.75, 3.05) is 44.4 Å². The van der Waals surface area contributed by atoms with Crippen LogP contribution in [0, 0.1) is 0 Å². The molecule has 2 aliphatic rings. The van der Waals surface area contributed by atoms with Gasteiger partial charge >= 0.3 is 6.18 Å². The van der Waals surface area contributed by atoms with E-state index in [1.165, 1.54) is 0 Å². The van der Waals surface area contributed by atoms with Gasteiger partial charge in [0.15, 0.2) is 11.6 Å². The lowest BCUT2D eigenvalue weighted by Gasteiger charge is -2.44. The van der Waals surface area contributed by atoms with Gasteiger partial charge in [-0.05, 0) is 13.0 Å². The zero-order valence-corrected chi connectivity index (χ0v) is 15.0. The molecule has 0 radical (unpaired) electrons. The number of aromatic nitrogens is 1. The molecule has 0 unspecified atom stereocenters. The van der Waals surface area contributed by atoms with Crippen molar-refractivity contribution in [1.82, 2.24) is 9.88 Å². The number of hydrogen-bond acceptors (Lipinski definition) is 6. The van der Waals surface area contributed by atoms with Gasteiger partial charge in [0, 0.05) is 31.9 Å². The van der Waals surface area contributed by atoms with Crippen LogP contribution in [0.3, 0.4) is 0 Å². The molecular formula is C17H23F3N4O3. The molecule has 3 heterocycles. The Balaban J connectivity index is 1.59. The molecule has 0 saturated carbocycles. The van der Waals surface area contributed by atoms with E-state index in [0.29, 0.717) is 38.7 Å². The Morgan fingerprint density at radius 3 is 2.96 bits per heavy atom. The summed E-state index contributed by atoms with van der Waals surface area (Å²) >= 11 is 0. The third kappa shape index (κ3) is 4.62. The van der Waals surface area contributed by atoms with E-state index in [4.69, 9.17) is 15.2 Å². The number of carbonyl (C=O) groups excluding carboxylic acids is 1. The Morgan fingerprint density at radius 1 is 1.48 bits per heavy atom. The number of nitrogens with two attached hydrogens (primary N) is 1. The van der Waals surface area contributed by atoms with Gasteiger partial charge in [0.05, 0.1) is 31.2 Å². The van der Waals surface area contributed by atoms with Crippen LogP contribution in [0.2, 0.25) is 0 Å². The first-order chi connectivity index (χ1) is 12.8. The Hall–Kier alpha value is -2.07. The summed E-state index contributed by atoms with van der Waals surface area (Å²) in [6, 6.07) is 0.768. The molecule has 7 nitrogen and oxygen atoms in total. The molecule has 0 aromatic carbocycles. The van der Waals surface area contributed by atoms with Crippen LogP contribution in [0.4, 0.5) is 19.0 Å². The molecule has 1 saturated heterocycles. The van der Waals surface area contributed by atoms with Crippen LogP contribution in [-0.4, -0.2) is 67.3 Å². The zero-order chi connectivity index (χ0) is 19.6. The monoisotopic (exact) mass is 388 g/mol. The largest absolute Gasteiger partial charge is 0.487 e. The standard InChI is InChI=1S/C17H23F3N4O3/c1-11(21)9-26-5-2-15(25)23-3-4-24-13(8-23)10-27-14-6-12(17(18,19)20)7-22-16(14)24/h6-7,11,13H,2-5,8-10,21H2,1H3/t11-,13+/m0/s1. The number of fused-ring (bicyclic) bond motifs is 3. The summed E-state index contributed by atoms with van der Waals surface area (Å²) in [4.78, 5) is 19.9. The maximum atomic E-state index is 12.8. The van der Waals surface area contributed by atoms with Crippen molar-refractivity contribution in [1.29, 1.82) is 0 Å². The number of alkyl halides is 3. The second-order valence-electron chi connectivity index (χ2n) is 6.84. The first-order valence-corrected chi connectivity index (χ1v) is 8.83. The summed E-state index contributed by atoms with van der Waals surface area (Å²) in [7, 11) is 0. The van der Waals surface area contributed by atoms with E-state index in [1.807, 2.05) is 11.8 Å². The van der Waals surface area contributed by atoms with Crippen molar-refractivity contribution >= 4 is 11.7 Å². The fourth-order valence-electron chi connectivity index (χ4n) is 3.19. The quantitative estimate of drug-likeness (QED) is 0.765. The first-order valence-electron chi connectivity index (χ1n) is 8.83. The van der Waals surface area contributed by atoms with E-state index < -0.39 is 11.7 Å². The van der Waals surface area contributed by atoms with Crippen LogP contribution >= 0.6 is 0 Å². The summed E-state index contributed by atoms with van der Waals surface area (Å²) < 4.78 is 49.3. The second kappa shape index (κ2) is 7.89. The molecule has 0 aliphatic carbocycles. The van der Waals surface area contributed by atoms with Crippen molar-refractivity contribution in [3.63, 3.8) is 0 Å². The summed E-state index contributed by atoms with van der Waals surface area (Å²) in [6.07, 6.45) is -3.38. The van der Waals surface area contributed by atoms with Gasteiger partial charge in [-0.2, -0.15) is 13.2 Å². The Labute approximate surface area is 155 Å². The average Bonchev–Trinajstić information content (AvgIpc) is 2.63.